The maximum Gasteiger partial charge on any atom is 0.309 e. The summed E-state index contributed by atoms with van der Waals surface area (Å²) in [6, 6.07) is 0. The zero-order chi connectivity index (χ0) is 32.9. The van der Waals surface area contributed by atoms with Gasteiger partial charge in [-0.15, -0.1) is 0 Å². The zero-order valence-electron chi connectivity index (χ0n) is 27.3. The van der Waals surface area contributed by atoms with Gasteiger partial charge in [-0.3, -0.25) is 4.79 Å². The monoisotopic (exact) mass is 636 g/mol. The molecule has 3 N–H and O–H groups in total. The summed E-state index contributed by atoms with van der Waals surface area (Å²) in [7, 11) is 2.98. The van der Waals surface area contributed by atoms with E-state index in [0.717, 1.165) is 17.6 Å². The number of aliphatic hydroxyl groups excluding tert-OH is 3. The minimum Gasteiger partial charge on any atom is -0.458 e. The minimum absolute atomic E-state index is 0.191. The smallest absolute Gasteiger partial charge is 0.309 e. The van der Waals surface area contributed by atoms with E-state index in [1.54, 1.807) is 13.2 Å². The van der Waals surface area contributed by atoms with Gasteiger partial charge in [0.2, 0.25) is 0 Å². The molecular formula is C34H52O11. The van der Waals surface area contributed by atoms with Gasteiger partial charge in [-0.25, -0.2) is 9.78 Å². The highest BCUT2D eigenvalue weighted by Crippen LogP contribution is 2.27. The van der Waals surface area contributed by atoms with Crippen molar-refractivity contribution < 1.29 is 53.6 Å². The van der Waals surface area contributed by atoms with Crippen LogP contribution in [0.15, 0.2) is 59.8 Å². The second kappa shape index (κ2) is 18.8. The van der Waals surface area contributed by atoms with Crippen molar-refractivity contribution in [2.45, 2.75) is 121 Å². The standard InChI is InChI=1S/C34H52O11/c1-7-8-10-21(2)16-27-18-26-14-13-25(44-45-26)17-22(3)15-23(4)28(39-5)12-9-11-24(19-30(36)41-27)42-34-32(38)33(40-6)31(37)29(20-35)43-34/h7-9,11,13-16,22,24-29,31-35,37-38H,10,12,17-20H2,1-6H3/b8-7+,11-9-,21-16-,23-15-/t22-,24-,25-,26-,27+,28+,29-,31-,32-,33+,34-/m1/s1. The summed E-state index contributed by atoms with van der Waals surface area (Å²) in [5.74, 6) is -0.347. The van der Waals surface area contributed by atoms with Gasteiger partial charge in [0.25, 0.3) is 0 Å². The summed E-state index contributed by atoms with van der Waals surface area (Å²) >= 11 is 0. The second-order valence-electron chi connectivity index (χ2n) is 12.0. The molecule has 11 heteroatoms. The first-order valence-electron chi connectivity index (χ1n) is 15.7. The van der Waals surface area contributed by atoms with Gasteiger partial charge >= 0.3 is 5.97 Å². The molecule has 1 saturated heterocycles. The number of fused-ring (bicyclic) bond motifs is 12. The molecule has 0 radical (unpaired) electrons. The number of ether oxygens (including phenoxy) is 5. The van der Waals surface area contributed by atoms with Gasteiger partial charge < -0.3 is 39.0 Å². The summed E-state index contributed by atoms with van der Waals surface area (Å²) in [6.07, 6.45) is 9.26. The summed E-state index contributed by atoms with van der Waals surface area (Å²) in [5.41, 5.74) is 2.07. The average molecular weight is 637 g/mol. The Morgan fingerprint density at radius 2 is 1.78 bits per heavy atom. The van der Waals surface area contributed by atoms with Gasteiger partial charge in [0, 0.05) is 20.6 Å². The highest BCUT2D eigenvalue weighted by Gasteiger charge is 2.46. The lowest BCUT2D eigenvalue weighted by atomic mass is 9.96. The molecule has 0 aromatic heterocycles. The van der Waals surface area contributed by atoms with Gasteiger partial charge in [-0.05, 0) is 57.6 Å². The third-order valence-electron chi connectivity index (χ3n) is 8.15. The van der Waals surface area contributed by atoms with Crippen molar-refractivity contribution in [3.8, 4) is 0 Å². The first-order valence-corrected chi connectivity index (χ1v) is 15.7. The predicted molar refractivity (Wildman–Crippen MR) is 167 cm³/mol. The van der Waals surface area contributed by atoms with E-state index in [1.165, 1.54) is 7.11 Å². The molecule has 0 unspecified atom stereocenters. The van der Waals surface area contributed by atoms with Gasteiger partial charge in [-0.2, -0.15) is 0 Å². The Balaban J connectivity index is 1.91. The maximum atomic E-state index is 13.4. The Bertz CT molecular complexity index is 1070. The first kappa shape index (κ1) is 37.3. The van der Waals surface area contributed by atoms with E-state index in [2.05, 4.69) is 13.0 Å². The molecule has 4 heterocycles. The Hall–Kier alpha value is -2.19. The highest BCUT2D eigenvalue weighted by molar-refractivity contribution is 5.70. The first-order chi connectivity index (χ1) is 21.6. The number of methoxy groups -OCH3 is 2. The van der Waals surface area contributed by atoms with Crippen LogP contribution in [0.25, 0.3) is 0 Å². The molecule has 4 rings (SSSR count). The zero-order valence-corrected chi connectivity index (χ0v) is 27.3. The van der Waals surface area contributed by atoms with Crippen LogP contribution in [-0.2, 0) is 38.3 Å². The Kier molecular flexibility index (Phi) is 15.6. The van der Waals surface area contributed by atoms with Crippen LogP contribution >= 0.6 is 0 Å². The lowest BCUT2D eigenvalue weighted by Crippen LogP contribution is -2.60. The molecule has 0 aromatic rings. The van der Waals surface area contributed by atoms with E-state index in [4.69, 9.17) is 33.5 Å². The molecule has 0 spiro atoms. The number of esters is 1. The molecule has 45 heavy (non-hydrogen) atoms. The second-order valence-corrected chi connectivity index (χ2v) is 12.0. The number of rotatable bonds is 8. The summed E-state index contributed by atoms with van der Waals surface area (Å²) in [4.78, 5) is 24.8. The van der Waals surface area contributed by atoms with Gasteiger partial charge in [0.15, 0.2) is 6.29 Å². The molecule has 0 saturated carbocycles. The predicted octanol–water partition coefficient (Wildman–Crippen LogP) is 3.63. The van der Waals surface area contributed by atoms with E-state index < -0.39 is 61.6 Å². The maximum absolute atomic E-state index is 13.4. The third-order valence-corrected chi connectivity index (χ3v) is 8.15. The van der Waals surface area contributed by atoms with Gasteiger partial charge in [0.05, 0.1) is 25.2 Å². The number of aliphatic hydroxyl groups is 3. The lowest BCUT2D eigenvalue weighted by Gasteiger charge is -2.42. The normalized spacial score (nSPS) is 39.6. The molecule has 11 atom stereocenters. The van der Waals surface area contributed by atoms with E-state index in [9.17, 15) is 20.1 Å². The Morgan fingerprint density at radius 3 is 2.40 bits per heavy atom. The molecule has 0 aliphatic carbocycles. The molecule has 0 amide bonds. The largest absolute Gasteiger partial charge is 0.458 e. The summed E-state index contributed by atoms with van der Waals surface area (Å²) in [5, 5.41) is 31.1. The number of allylic oxidation sites excluding steroid dienone is 4. The molecular weight excluding hydrogens is 584 g/mol. The van der Waals surface area contributed by atoms with Crippen molar-refractivity contribution >= 4 is 5.97 Å². The van der Waals surface area contributed by atoms with Crippen LogP contribution in [0.4, 0.5) is 0 Å². The van der Waals surface area contributed by atoms with E-state index in [0.29, 0.717) is 19.3 Å². The highest BCUT2D eigenvalue weighted by atomic mass is 17.2. The van der Waals surface area contributed by atoms with Crippen LogP contribution in [0.2, 0.25) is 0 Å². The number of hydrogen-bond donors (Lipinski definition) is 3. The average Bonchev–Trinajstić information content (AvgIpc) is 3.00. The molecule has 11 nitrogen and oxygen atoms in total. The Labute approximate surface area is 267 Å². The van der Waals surface area contributed by atoms with Gasteiger partial charge in [-0.1, -0.05) is 55.0 Å². The van der Waals surface area contributed by atoms with E-state index >= 15 is 0 Å². The fourth-order valence-electron chi connectivity index (χ4n) is 5.73. The quantitative estimate of drug-likeness (QED) is 0.204. The molecule has 2 bridgehead atoms. The van der Waals surface area contributed by atoms with Gasteiger partial charge in [0.1, 0.15) is 42.7 Å². The van der Waals surface area contributed by atoms with Crippen LogP contribution in [0.1, 0.15) is 59.8 Å². The minimum atomic E-state index is -1.38. The van der Waals surface area contributed by atoms with Crippen molar-refractivity contribution in [2.75, 3.05) is 20.8 Å². The summed E-state index contributed by atoms with van der Waals surface area (Å²) in [6.45, 7) is 7.53. The van der Waals surface area contributed by atoms with Crippen LogP contribution in [0, 0.1) is 5.92 Å². The molecule has 4 aliphatic rings. The Morgan fingerprint density at radius 1 is 1.07 bits per heavy atom. The fraction of sp³-hybridized carbons (Fsp3) is 0.676. The van der Waals surface area contributed by atoms with Crippen LogP contribution in [0.5, 0.6) is 0 Å². The molecule has 4 aliphatic heterocycles. The molecule has 254 valence electrons. The molecule has 1 fully saturated rings. The van der Waals surface area contributed by atoms with Crippen LogP contribution < -0.4 is 0 Å². The van der Waals surface area contributed by atoms with Crippen molar-refractivity contribution in [1.82, 2.24) is 0 Å². The van der Waals surface area contributed by atoms with Crippen molar-refractivity contribution in [3.05, 3.63) is 59.8 Å². The van der Waals surface area contributed by atoms with Crippen molar-refractivity contribution in [3.63, 3.8) is 0 Å². The number of hydrogen-bond acceptors (Lipinski definition) is 11. The SMILES string of the molecule is C/C=C/C/C(C)=C\[C@H]1C[C@H]2C=C[C@H](C[C@H](C)/C=C(/C)[C@@H](OC)C/C=C\[C@@H](O[C@@H]3O[C@H](CO)[C@@H](O)[C@H](OC)[C@H]3O)CC(=O)O1)OO2. The summed E-state index contributed by atoms with van der Waals surface area (Å²) < 4.78 is 28.8. The van der Waals surface area contributed by atoms with Crippen molar-refractivity contribution in [1.29, 1.82) is 0 Å². The van der Waals surface area contributed by atoms with E-state index in [-0.39, 0.29) is 24.5 Å². The fourth-order valence-corrected chi connectivity index (χ4v) is 5.73. The van der Waals surface area contributed by atoms with Crippen LogP contribution in [-0.4, -0.2) is 103 Å². The molecule has 0 aromatic carbocycles. The van der Waals surface area contributed by atoms with E-state index in [1.807, 2.05) is 57.2 Å². The number of carbonyl (C=O) groups excluding carboxylic acids is 1. The third kappa shape index (κ3) is 11.5. The van der Waals surface area contributed by atoms with Crippen LogP contribution in [0.3, 0.4) is 0 Å². The lowest BCUT2D eigenvalue weighted by molar-refractivity contribution is -0.343. The van der Waals surface area contributed by atoms with Crippen molar-refractivity contribution in [2.24, 2.45) is 5.92 Å². The number of carbonyl (C=O) groups is 1. The topological polar surface area (TPSA) is 142 Å².